The SMILES string of the molecule is Cc1ccc(C(=O)N2CCC3(CC2)C(=O)NC[C@H]3c2ccccc2)cn1. The fourth-order valence-corrected chi connectivity index (χ4v) is 4.31. The number of pyridine rings is 1. The molecule has 2 aliphatic heterocycles. The van der Waals surface area contributed by atoms with E-state index in [9.17, 15) is 9.59 Å². The van der Waals surface area contributed by atoms with Crippen molar-refractivity contribution in [2.24, 2.45) is 5.41 Å². The lowest BCUT2D eigenvalue weighted by Gasteiger charge is -2.41. The maximum Gasteiger partial charge on any atom is 0.255 e. The molecule has 2 amide bonds. The molecule has 0 bridgehead atoms. The maximum atomic E-state index is 12.7. The zero-order valence-electron chi connectivity index (χ0n) is 14.9. The molecule has 0 radical (unpaired) electrons. The summed E-state index contributed by atoms with van der Waals surface area (Å²) in [5.74, 6) is 0.312. The number of aryl methyl sites for hydroxylation is 1. The van der Waals surface area contributed by atoms with E-state index in [-0.39, 0.29) is 17.7 Å². The predicted molar refractivity (Wildman–Crippen MR) is 98.7 cm³/mol. The first kappa shape index (κ1) is 16.8. The summed E-state index contributed by atoms with van der Waals surface area (Å²) >= 11 is 0. The number of piperidine rings is 1. The lowest BCUT2D eigenvalue weighted by atomic mass is 9.68. The normalized spacial score (nSPS) is 21.7. The lowest BCUT2D eigenvalue weighted by Crippen LogP contribution is -2.47. The number of carbonyl (C=O) groups excluding carboxylic acids is 2. The van der Waals surface area contributed by atoms with E-state index in [2.05, 4.69) is 22.4 Å². The molecule has 1 aromatic heterocycles. The molecule has 1 N–H and O–H groups in total. The Labute approximate surface area is 153 Å². The molecule has 0 aliphatic carbocycles. The molecule has 2 aromatic rings. The fourth-order valence-electron chi connectivity index (χ4n) is 4.31. The van der Waals surface area contributed by atoms with Crippen LogP contribution >= 0.6 is 0 Å². The van der Waals surface area contributed by atoms with Gasteiger partial charge in [0.25, 0.3) is 5.91 Å². The van der Waals surface area contributed by atoms with Gasteiger partial charge in [-0.2, -0.15) is 0 Å². The smallest absolute Gasteiger partial charge is 0.255 e. The Balaban J connectivity index is 1.52. The zero-order valence-corrected chi connectivity index (χ0v) is 14.9. The third-order valence-electron chi connectivity index (χ3n) is 5.89. The van der Waals surface area contributed by atoms with Gasteiger partial charge in [-0.25, -0.2) is 0 Å². The molecule has 2 saturated heterocycles. The van der Waals surface area contributed by atoms with Crippen molar-refractivity contribution >= 4 is 11.8 Å². The monoisotopic (exact) mass is 349 g/mol. The second-order valence-electron chi connectivity index (χ2n) is 7.31. The molecule has 26 heavy (non-hydrogen) atoms. The van der Waals surface area contributed by atoms with Gasteiger partial charge in [0.2, 0.25) is 5.91 Å². The van der Waals surface area contributed by atoms with Gasteiger partial charge in [0, 0.05) is 37.4 Å². The highest BCUT2D eigenvalue weighted by molar-refractivity contribution is 5.94. The highest BCUT2D eigenvalue weighted by Crippen LogP contribution is 2.47. The second kappa shape index (κ2) is 6.56. The van der Waals surface area contributed by atoms with Crippen LogP contribution in [0.2, 0.25) is 0 Å². The van der Waals surface area contributed by atoms with Gasteiger partial charge in [0.1, 0.15) is 0 Å². The molecular formula is C21H23N3O2. The highest BCUT2D eigenvalue weighted by Gasteiger charge is 2.52. The third kappa shape index (κ3) is 2.77. The van der Waals surface area contributed by atoms with E-state index in [1.54, 1.807) is 6.20 Å². The summed E-state index contributed by atoms with van der Waals surface area (Å²) in [5.41, 5.74) is 2.31. The van der Waals surface area contributed by atoms with Gasteiger partial charge >= 0.3 is 0 Å². The first-order valence-corrected chi connectivity index (χ1v) is 9.15. The number of amides is 2. The largest absolute Gasteiger partial charge is 0.355 e. The first-order chi connectivity index (χ1) is 12.6. The number of benzene rings is 1. The first-order valence-electron chi connectivity index (χ1n) is 9.15. The molecule has 1 aromatic carbocycles. The molecule has 5 nitrogen and oxygen atoms in total. The van der Waals surface area contributed by atoms with Crippen LogP contribution in [0, 0.1) is 12.3 Å². The van der Waals surface area contributed by atoms with Crippen LogP contribution in [0.3, 0.4) is 0 Å². The van der Waals surface area contributed by atoms with Gasteiger partial charge in [-0.15, -0.1) is 0 Å². The molecule has 4 rings (SSSR count). The number of likely N-dealkylation sites (tertiary alicyclic amines) is 1. The zero-order chi connectivity index (χ0) is 18.1. The highest BCUT2D eigenvalue weighted by atomic mass is 16.2. The number of hydrogen-bond acceptors (Lipinski definition) is 3. The Kier molecular flexibility index (Phi) is 4.23. The Hall–Kier alpha value is -2.69. The summed E-state index contributed by atoms with van der Waals surface area (Å²) < 4.78 is 0. The predicted octanol–water partition coefficient (Wildman–Crippen LogP) is 2.53. The van der Waals surface area contributed by atoms with Crippen molar-refractivity contribution in [2.45, 2.75) is 25.7 Å². The standard InChI is InChI=1S/C21H23N3O2/c1-15-7-8-17(13-22-15)19(25)24-11-9-21(10-12-24)18(14-23-20(21)26)16-5-3-2-4-6-16/h2-8,13,18H,9-12,14H2,1H3,(H,23,26)/t18-/m0/s1. The average molecular weight is 349 g/mol. The van der Waals surface area contributed by atoms with Crippen LogP contribution < -0.4 is 5.32 Å². The van der Waals surface area contributed by atoms with E-state index in [0.717, 1.165) is 5.69 Å². The summed E-state index contributed by atoms with van der Waals surface area (Å²) in [6, 6.07) is 13.9. The Morgan fingerprint density at radius 3 is 2.54 bits per heavy atom. The van der Waals surface area contributed by atoms with Gasteiger partial charge in [-0.05, 0) is 37.5 Å². The van der Waals surface area contributed by atoms with E-state index in [1.165, 1.54) is 5.56 Å². The van der Waals surface area contributed by atoms with Crippen LogP contribution in [-0.2, 0) is 4.79 Å². The summed E-state index contributed by atoms with van der Waals surface area (Å²) in [5, 5.41) is 3.06. The molecule has 0 unspecified atom stereocenters. The number of aromatic nitrogens is 1. The van der Waals surface area contributed by atoms with E-state index < -0.39 is 5.41 Å². The van der Waals surface area contributed by atoms with E-state index >= 15 is 0 Å². The molecule has 134 valence electrons. The van der Waals surface area contributed by atoms with Crippen LogP contribution in [0.5, 0.6) is 0 Å². The van der Waals surface area contributed by atoms with Crippen molar-refractivity contribution in [1.82, 2.24) is 15.2 Å². The average Bonchev–Trinajstić information content (AvgIpc) is 2.99. The van der Waals surface area contributed by atoms with Crippen LogP contribution in [0.15, 0.2) is 48.7 Å². The summed E-state index contributed by atoms with van der Waals surface area (Å²) in [7, 11) is 0. The van der Waals surface area contributed by atoms with Gasteiger partial charge in [-0.1, -0.05) is 30.3 Å². The van der Waals surface area contributed by atoms with Crippen LogP contribution in [-0.4, -0.2) is 41.3 Å². The molecule has 2 aliphatic rings. The Bertz CT molecular complexity index is 809. The Morgan fingerprint density at radius 1 is 1.15 bits per heavy atom. The second-order valence-corrected chi connectivity index (χ2v) is 7.31. The molecule has 1 atom stereocenters. The van der Waals surface area contributed by atoms with Crippen molar-refractivity contribution < 1.29 is 9.59 Å². The van der Waals surface area contributed by atoms with E-state index in [0.29, 0.717) is 38.0 Å². The van der Waals surface area contributed by atoms with E-state index in [4.69, 9.17) is 0 Å². The van der Waals surface area contributed by atoms with Crippen LogP contribution in [0.1, 0.15) is 40.4 Å². The molecular weight excluding hydrogens is 326 g/mol. The number of carbonyl (C=O) groups is 2. The minimum absolute atomic E-state index is 0.00187. The topological polar surface area (TPSA) is 62.3 Å². The summed E-state index contributed by atoms with van der Waals surface area (Å²) in [4.78, 5) is 31.5. The molecule has 5 heteroatoms. The lowest BCUT2D eigenvalue weighted by molar-refractivity contribution is -0.130. The number of rotatable bonds is 2. The number of hydrogen-bond donors (Lipinski definition) is 1. The van der Waals surface area contributed by atoms with Gasteiger partial charge < -0.3 is 10.2 Å². The van der Waals surface area contributed by atoms with Gasteiger partial charge in [0.05, 0.1) is 11.0 Å². The number of nitrogens with one attached hydrogen (secondary N) is 1. The third-order valence-corrected chi connectivity index (χ3v) is 5.89. The Morgan fingerprint density at radius 2 is 1.88 bits per heavy atom. The van der Waals surface area contributed by atoms with E-state index in [1.807, 2.05) is 42.2 Å². The molecule has 0 saturated carbocycles. The van der Waals surface area contributed by atoms with Gasteiger partial charge in [0.15, 0.2) is 0 Å². The molecule has 1 spiro atoms. The minimum Gasteiger partial charge on any atom is -0.355 e. The molecule has 2 fully saturated rings. The van der Waals surface area contributed by atoms with Crippen molar-refractivity contribution in [3.05, 3.63) is 65.5 Å². The maximum absolute atomic E-state index is 12.7. The fraction of sp³-hybridized carbons (Fsp3) is 0.381. The van der Waals surface area contributed by atoms with Crippen molar-refractivity contribution in [3.8, 4) is 0 Å². The van der Waals surface area contributed by atoms with Gasteiger partial charge in [-0.3, -0.25) is 14.6 Å². The number of nitrogens with zero attached hydrogens (tertiary/aromatic N) is 2. The summed E-state index contributed by atoms with van der Waals surface area (Å²) in [6.45, 7) is 3.78. The van der Waals surface area contributed by atoms with Crippen molar-refractivity contribution in [2.75, 3.05) is 19.6 Å². The summed E-state index contributed by atoms with van der Waals surface area (Å²) in [6.07, 6.45) is 3.03. The van der Waals surface area contributed by atoms with Crippen molar-refractivity contribution in [1.29, 1.82) is 0 Å². The molecule has 3 heterocycles. The minimum atomic E-state index is -0.399. The van der Waals surface area contributed by atoms with Crippen LogP contribution in [0.25, 0.3) is 0 Å². The van der Waals surface area contributed by atoms with Crippen LogP contribution in [0.4, 0.5) is 0 Å². The van der Waals surface area contributed by atoms with Crippen molar-refractivity contribution in [3.63, 3.8) is 0 Å². The quantitative estimate of drug-likeness (QED) is 0.906.